The van der Waals surface area contributed by atoms with Crippen LogP contribution in [-0.2, 0) is 21.0 Å². The van der Waals surface area contributed by atoms with Crippen molar-refractivity contribution >= 4 is 38.9 Å². The van der Waals surface area contributed by atoms with Crippen LogP contribution in [0.15, 0.2) is 36.4 Å². The standard InChI is InChI=1S/C19H20ClF3N2O3S/c1-11-7-12(2)9-14(8-11)24-18(26)13(3)25(29(4,27)28)15-5-6-17(20)16(10-15)19(21,22)23/h5-10,13H,1-4H3,(H,24,26). The number of benzene rings is 2. The zero-order valence-corrected chi connectivity index (χ0v) is 17.7. The third kappa shape index (κ3) is 5.63. The van der Waals surface area contributed by atoms with Gasteiger partial charge in [-0.15, -0.1) is 0 Å². The van der Waals surface area contributed by atoms with Crippen molar-refractivity contribution in [3.05, 3.63) is 58.1 Å². The fourth-order valence-corrected chi connectivity index (χ4v) is 4.36. The van der Waals surface area contributed by atoms with Crippen LogP contribution >= 0.6 is 11.6 Å². The van der Waals surface area contributed by atoms with Gasteiger partial charge in [-0.1, -0.05) is 17.7 Å². The van der Waals surface area contributed by atoms with Crippen LogP contribution in [0.3, 0.4) is 0 Å². The van der Waals surface area contributed by atoms with Gasteiger partial charge in [0.05, 0.1) is 22.5 Å². The third-order valence-corrected chi connectivity index (χ3v) is 5.66. The summed E-state index contributed by atoms with van der Waals surface area (Å²) in [6.45, 7) is 4.96. The van der Waals surface area contributed by atoms with E-state index in [0.717, 1.165) is 29.5 Å². The number of hydrogen-bond donors (Lipinski definition) is 1. The number of carbonyl (C=O) groups is 1. The maximum atomic E-state index is 13.2. The second kappa shape index (κ2) is 8.23. The normalized spacial score (nSPS) is 13.1. The van der Waals surface area contributed by atoms with Crippen molar-refractivity contribution in [3.63, 3.8) is 0 Å². The molecule has 0 radical (unpaired) electrons. The summed E-state index contributed by atoms with van der Waals surface area (Å²) in [4.78, 5) is 12.7. The third-order valence-electron chi connectivity index (χ3n) is 4.09. The molecule has 1 N–H and O–H groups in total. The van der Waals surface area contributed by atoms with Crippen LogP contribution in [-0.4, -0.2) is 26.6 Å². The minimum Gasteiger partial charge on any atom is -0.324 e. The zero-order valence-electron chi connectivity index (χ0n) is 16.1. The molecule has 158 valence electrons. The minimum absolute atomic E-state index is 0.313. The number of halogens is 4. The van der Waals surface area contributed by atoms with E-state index in [2.05, 4.69) is 5.32 Å². The molecule has 2 rings (SSSR count). The Morgan fingerprint density at radius 2 is 1.66 bits per heavy atom. The van der Waals surface area contributed by atoms with E-state index in [1.54, 1.807) is 12.1 Å². The summed E-state index contributed by atoms with van der Waals surface area (Å²) >= 11 is 5.61. The number of carbonyl (C=O) groups excluding carboxylic acids is 1. The molecule has 5 nitrogen and oxygen atoms in total. The summed E-state index contributed by atoms with van der Waals surface area (Å²) in [5.41, 5.74) is 0.736. The van der Waals surface area contributed by atoms with E-state index >= 15 is 0 Å². The average Bonchev–Trinajstić information content (AvgIpc) is 2.53. The highest BCUT2D eigenvalue weighted by molar-refractivity contribution is 7.92. The van der Waals surface area contributed by atoms with Gasteiger partial charge in [-0.2, -0.15) is 13.2 Å². The van der Waals surface area contributed by atoms with Gasteiger partial charge >= 0.3 is 6.18 Å². The van der Waals surface area contributed by atoms with Gasteiger partial charge in [0.1, 0.15) is 6.04 Å². The van der Waals surface area contributed by atoms with Gasteiger partial charge in [0.25, 0.3) is 0 Å². The van der Waals surface area contributed by atoms with Gasteiger partial charge in [-0.05, 0) is 62.2 Å². The molecule has 1 unspecified atom stereocenters. The van der Waals surface area contributed by atoms with Crippen LogP contribution in [0.4, 0.5) is 24.5 Å². The number of aryl methyl sites for hydroxylation is 2. The molecule has 1 atom stereocenters. The Labute approximate surface area is 172 Å². The van der Waals surface area contributed by atoms with Crippen LogP contribution in [0.1, 0.15) is 23.6 Å². The molecule has 1 amide bonds. The van der Waals surface area contributed by atoms with Crippen LogP contribution in [0.25, 0.3) is 0 Å². The maximum absolute atomic E-state index is 13.2. The average molecular weight is 449 g/mol. The lowest BCUT2D eigenvalue weighted by Gasteiger charge is -2.29. The van der Waals surface area contributed by atoms with Crippen LogP contribution < -0.4 is 9.62 Å². The summed E-state index contributed by atoms with van der Waals surface area (Å²) in [6.07, 6.45) is -3.96. The summed E-state index contributed by atoms with van der Waals surface area (Å²) in [6, 6.07) is 6.68. The first-order chi connectivity index (χ1) is 13.2. The van der Waals surface area contributed by atoms with Gasteiger partial charge in [-0.25, -0.2) is 8.42 Å². The van der Waals surface area contributed by atoms with Crippen LogP contribution in [0, 0.1) is 13.8 Å². The number of nitrogens with one attached hydrogen (secondary N) is 1. The Bertz CT molecular complexity index is 1020. The fourth-order valence-electron chi connectivity index (χ4n) is 2.97. The number of alkyl halides is 3. The molecule has 0 fully saturated rings. The van der Waals surface area contributed by atoms with Gasteiger partial charge in [-0.3, -0.25) is 9.10 Å². The zero-order chi connectivity index (χ0) is 22.1. The van der Waals surface area contributed by atoms with Crippen molar-refractivity contribution < 1.29 is 26.4 Å². The van der Waals surface area contributed by atoms with E-state index in [4.69, 9.17) is 11.6 Å². The Morgan fingerprint density at radius 1 is 1.10 bits per heavy atom. The topological polar surface area (TPSA) is 66.5 Å². The molecule has 0 aromatic heterocycles. The molecule has 0 aliphatic carbocycles. The summed E-state index contributed by atoms with van der Waals surface area (Å²) in [5, 5.41) is 2.04. The number of rotatable bonds is 5. The smallest absolute Gasteiger partial charge is 0.324 e. The predicted molar refractivity (Wildman–Crippen MR) is 108 cm³/mol. The molecule has 2 aromatic rings. The molecular weight excluding hydrogens is 429 g/mol. The first-order valence-corrected chi connectivity index (χ1v) is 10.7. The van der Waals surface area contributed by atoms with Crippen molar-refractivity contribution in [1.29, 1.82) is 0 Å². The monoisotopic (exact) mass is 448 g/mol. The van der Waals surface area contributed by atoms with E-state index in [1.165, 1.54) is 6.92 Å². The lowest BCUT2D eigenvalue weighted by molar-refractivity contribution is -0.137. The summed E-state index contributed by atoms with van der Waals surface area (Å²) in [7, 11) is -4.08. The van der Waals surface area contributed by atoms with Gasteiger partial charge in [0.15, 0.2) is 0 Å². The highest BCUT2D eigenvalue weighted by Gasteiger charge is 2.36. The quantitative estimate of drug-likeness (QED) is 0.716. The first-order valence-electron chi connectivity index (χ1n) is 8.45. The number of nitrogens with zero attached hydrogens (tertiary/aromatic N) is 1. The lowest BCUT2D eigenvalue weighted by Crippen LogP contribution is -2.45. The van der Waals surface area contributed by atoms with Gasteiger partial charge in [0, 0.05) is 5.69 Å². The highest BCUT2D eigenvalue weighted by Crippen LogP contribution is 2.37. The van der Waals surface area contributed by atoms with Crippen molar-refractivity contribution in [3.8, 4) is 0 Å². The second-order valence-corrected chi connectivity index (χ2v) is 9.03. The Hall–Kier alpha value is -2.26. The predicted octanol–water partition coefficient (Wildman–Crippen LogP) is 4.77. The van der Waals surface area contributed by atoms with E-state index in [0.29, 0.717) is 16.1 Å². The minimum atomic E-state index is -4.78. The molecular formula is C19H20ClF3N2O3S. The molecule has 0 saturated heterocycles. The molecule has 0 aliphatic heterocycles. The first kappa shape index (κ1) is 23.0. The van der Waals surface area contributed by atoms with Crippen LogP contribution in [0.2, 0.25) is 5.02 Å². The molecule has 2 aromatic carbocycles. The fraction of sp³-hybridized carbons (Fsp3) is 0.316. The molecule has 10 heteroatoms. The van der Waals surface area contributed by atoms with Gasteiger partial charge < -0.3 is 5.32 Å². The number of sulfonamides is 1. The molecule has 29 heavy (non-hydrogen) atoms. The number of hydrogen-bond acceptors (Lipinski definition) is 3. The SMILES string of the molecule is Cc1cc(C)cc(NC(=O)C(C)N(c2ccc(Cl)c(C(F)(F)F)c2)S(C)(=O)=O)c1. The Kier molecular flexibility index (Phi) is 6.54. The molecule has 0 bridgehead atoms. The number of anilines is 2. The van der Waals surface area contributed by atoms with E-state index in [1.807, 2.05) is 19.9 Å². The van der Waals surface area contributed by atoms with E-state index < -0.39 is 38.7 Å². The number of amides is 1. The van der Waals surface area contributed by atoms with Crippen molar-refractivity contribution in [2.75, 3.05) is 15.9 Å². The highest BCUT2D eigenvalue weighted by atomic mass is 35.5. The van der Waals surface area contributed by atoms with Crippen molar-refractivity contribution in [2.24, 2.45) is 0 Å². The molecule has 0 heterocycles. The maximum Gasteiger partial charge on any atom is 0.417 e. The largest absolute Gasteiger partial charge is 0.417 e. The van der Waals surface area contributed by atoms with Gasteiger partial charge in [0.2, 0.25) is 15.9 Å². The van der Waals surface area contributed by atoms with Crippen LogP contribution in [0.5, 0.6) is 0 Å². The summed E-state index contributed by atoms with van der Waals surface area (Å²) in [5.74, 6) is -0.691. The van der Waals surface area contributed by atoms with Crippen molar-refractivity contribution in [2.45, 2.75) is 33.0 Å². The molecule has 0 aliphatic rings. The van der Waals surface area contributed by atoms with Crippen molar-refractivity contribution in [1.82, 2.24) is 0 Å². The lowest BCUT2D eigenvalue weighted by atomic mass is 10.1. The van der Waals surface area contributed by atoms with E-state index in [-0.39, 0.29) is 5.69 Å². The second-order valence-electron chi connectivity index (χ2n) is 6.76. The van der Waals surface area contributed by atoms with E-state index in [9.17, 15) is 26.4 Å². The molecule has 0 saturated carbocycles. The Morgan fingerprint density at radius 3 is 2.14 bits per heavy atom. The Balaban J connectivity index is 2.44. The summed E-state index contributed by atoms with van der Waals surface area (Å²) < 4.78 is 64.8. The molecule has 0 spiro atoms.